The van der Waals surface area contributed by atoms with Crippen molar-refractivity contribution in [2.24, 2.45) is 0 Å². The minimum Gasteiger partial charge on any atom is -0.265 e. The Kier molecular flexibility index (Phi) is 6.90. The summed E-state index contributed by atoms with van der Waals surface area (Å²) in [6.07, 6.45) is 8.04. The highest BCUT2D eigenvalue weighted by Gasteiger charge is 2.15. The first kappa shape index (κ1) is 15.1. The van der Waals surface area contributed by atoms with Crippen molar-refractivity contribution in [3.05, 3.63) is 24.4 Å². The number of aromatic nitrogens is 1. The average Bonchev–Trinajstić information content (AvgIpc) is 2.39. The number of unbranched alkanes of at least 4 members (excludes halogenated alkanes) is 5. The summed E-state index contributed by atoms with van der Waals surface area (Å²) in [5.41, 5.74) is 0. The Morgan fingerprint density at radius 2 is 1.83 bits per heavy atom. The first-order chi connectivity index (χ1) is 8.67. The van der Waals surface area contributed by atoms with Gasteiger partial charge in [0.25, 0.3) is 0 Å². The van der Waals surface area contributed by atoms with Crippen LogP contribution in [0.25, 0.3) is 0 Å². The molecule has 0 amide bonds. The van der Waals surface area contributed by atoms with E-state index in [0.717, 1.165) is 19.3 Å². The van der Waals surface area contributed by atoms with Gasteiger partial charge < -0.3 is 0 Å². The lowest BCUT2D eigenvalue weighted by Gasteiger charge is -2.04. The predicted octanol–water partition coefficient (Wildman–Crippen LogP) is 3.15. The molecule has 5 heteroatoms. The second-order valence-corrected chi connectivity index (χ2v) is 5.77. The lowest BCUT2D eigenvalue weighted by molar-refractivity contribution is 0.305. The van der Waals surface area contributed by atoms with E-state index >= 15 is 0 Å². The molecule has 0 aliphatic rings. The second kappa shape index (κ2) is 8.21. The van der Waals surface area contributed by atoms with E-state index in [1.54, 1.807) is 12.1 Å². The quantitative estimate of drug-likeness (QED) is 0.511. The molecule has 0 unspecified atom stereocenters. The van der Waals surface area contributed by atoms with Gasteiger partial charge in [-0.15, -0.1) is 0 Å². The molecule has 102 valence electrons. The van der Waals surface area contributed by atoms with Gasteiger partial charge in [-0.3, -0.25) is 4.18 Å². The lowest BCUT2D eigenvalue weighted by Crippen LogP contribution is -2.09. The Hall–Kier alpha value is -0.940. The van der Waals surface area contributed by atoms with E-state index in [-0.39, 0.29) is 11.6 Å². The molecule has 0 aliphatic heterocycles. The fraction of sp³-hybridized carbons (Fsp3) is 0.615. The van der Waals surface area contributed by atoms with Crippen LogP contribution >= 0.6 is 0 Å². The van der Waals surface area contributed by atoms with Gasteiger partial charge in [0, 0.05) is 6.20 Å². The van der Waals surface area contributed by atoms with Gasteiger partial charge in [0.1, 0.15) is 0 Å². The molecule has 1 aromatic heterocycles. The molecule has 0 atom stereocenters. The maximum atomic E-state index is 11.7. The van der Waals surface area contributed by atoms with E-state index < -0.39 is 10.1 Å². The fourth-order valence-electron chi connectivity index (χ4n) is 1.61. The third-order valence-corrected chi connectivity index (χ3v) is 3.86. The van der Waals surface area contributed by atoms with Crippen LogP contribution in [0, 0.1) is 0 Å². The number of rotatable bonds is 9. The van der Waals surface area contributed by atoms with Crippen molar-refractivity contribution < 1.29 is 12.6 Å². The molecule has 0 N–H and O–H groups in total. The summed E-state index contributed by atoms with van der Waals surface area (Å²) in [5.74, 6) is 0. The maximum Gasteiger partial charge on any atom is 0.314 e. The van der Waals surface area contributed by atoms with E-state index in [2.05, 4.69) is 11.9 Å². The molecule has 4 nitrogen and oxygen atoms in total. The third kappa shape index (κ3) is 5.60. The zero-order chi connectivity index (χ0) is 13.3. The van der Waals surface area contributed by atoms with Crippen LogP contribution in [0.3, 0.4) is 0 Å². The second-order valence-electron chi connectivity index (χ2n) is 4.21. The molecule has 1 rings (SSSR count). The third-order valence-electron chi connectivity index (χ3n) is 2.63. The molecule has 1 aromatic rings. The van der Waals surface area contributed by atoms with Crippen molar-refractivity contribution in [1.29, 1.82) is 0 Å². The minimum absolute atomic E-state index is 0.0176. The summed E-state index contributed by atoms with van der Waals surface area (Å²) in [6.45, 7) is 2.41. The maximum absolute atomic E-state index is 11.7. The number of hydrogen-bond acceptors (Lipinski definition) is 4. The summed E-state index contributed by atoms with van der Waals surface area (Å²) in [4.78, 5) is 3.78. The van der Waals surface area contributed by atoms with Gasteiger partial charge in [0.2, 0.25) is 0 Å². The van der Waals surface area contributed by atoms with Crippen molar-refractivity contribution in [3.8, 4) is 0 Å². The van der Waals surface area contributed by atoms with E-state index in [1.165, 1.54) is 31.5 Å². The monoisotopic (exact) mass is 271 g/mol. The van der Waals surface area contributed by atoms with Gasteiger partial charge in [-0.05, 0) is 18.6 Å². The molecule has 0 saturated heterocycles. The molecule has 0 aromatic carbocycles. The van der Waals surface area contributed by atoms with Gasteiger partial charge in [0.05, 0.1) is 6.61 Å². The van der Waals surface area contributed by atoms with E-state index in [4.69, 9.17) is 4.18 Å². The van der Waals surface area contributed by atoms with Gasteiger partial charge in [-0.2, -0.15) is 8.42 Å². The molecular formula is C13H21NO3S. The van der Waals surface area contributed by atoms with Crippen molar-refractivity contribution in [3.63, 3.8) is 0 Å². The van der Waals surface area contributed by atoms with Crippen molar-refractivity contribution in [2.45, 2.75) is 50.5 Å². The standard InChI is InChI=1S/C13H21NO3S/c1-2-3-4-5-6-9-12-17-18(15,16)13-10-7-8-11-14-13/h7-8,10-11H,2-6,9,12H2,1H3. The summed E-state index contributed by atoms with van der Waals surface area (Å²) in [6, 6.07) is 4.75. The zero-order valence-electron chi connectivity index (χ0n) is 10.8. The number of pyridine rings is 1. The predicted molar refractivity (Wildman–Crippen MR) is 70.8 cm³/mol. The molecule has 0 aliphatic carbocycles. The minimum atomic E-state index is -3.67. The van der Waals surface area contributed by atoms with Crippen LogP contribution < -0.4 is 0 Å². The Labute approximate surface area is 110 Å². The van der Waals surface area contributed by atoms with Gasteiger partial charge in [-0.1, -0.05) is 45.1 Å². The van der Waals surface area contributed by atoms with E-state index in [9.17, 15) is 8.42 Å². The van der Waals surface area contributed by atoms with Gasteiger partial charge in [-0.25, -0.2) is 4.98 Å². The van der Waals surface area contributed by atoms with E-state index in [1.807, 2.05) is 0 Å². The highest BCUT2D eigenvalue weighted by atomic mass is 32.2. The molecule has 0 fully saturated rings. The van der Waals surface area contributed by atoms with Gasteiger partial charge >= 0.3 is 10.1 Å². The van der Waals surface area contributed by atoms with Crippen LogP contribution in [0.4, 0.5) is 0 Å². The molecule has 0 bridgehead atoms. The zero-order valence-corrected chi connectivity index (χ0v) is 11.7. The van der Waals surface area contributed by atoms with Gasteiger partial charge in [0.15, 0.2) is 5.03 Å². The number of nitrogens with zero attached hydrogens (tertiary/aromatic N) is 1. The van der Waals surface area contributed by atoms with E-state index in [0.29, 0.717) is 0 Å². The van der Waals surface area contributed by atoms with Crippen LogP contribution in [0.5, 0.6) is 0 Å². The first-order valence-corrected chi connectivity index (χ1v) is 7.88. The molecule has 0 radical (unpaired) electrons. The fourth-order valence-corrected chi connectivity index (χ4v) is 2.50. The lowest BCUT2D eigenvalue weighted by atomic mass is 10.1. The smallest absolute Gasteiger partial charge is 0.265 e. The highest BCUT2D eigenvalue weighted by Crippen LogP contribution is 2.10. The number of hydrogen-bond donors (Lipinski definition) is 0. The largest absolute Gasteiger partial charge is 0.314 e. The molecular weight excluding hydrogens is 250 g/mol. The molecule has 0 spiro atoms. The Bertz CT molecular complexity index is 417. The average molecular weight is 271 g/mol. The summed E-state index contributed by atoms with van der Waals surface area (Å²) < 4.78 is 28.3. The summed E-state index contributed by atoms with van der Waals surface area (Å²) in [7, 11) is -3.67. The normalized spacial score (nSPS) is 11.6. The topological polar surface area (TPSA) is 56.3 Å². The van der Waals surface area contributed by atoms with Crippen LogP contribution in [-0.2, 0) is 14.3 Å². The Morgan fingerprint density at radius 1 is 1.11 bits per heavy atom. The highest BCUT2D eigenvalue weighted by molar-refractivity contribution is 7.86. The van der Waals surface area contributed by atoms with Crippen LogP contribution in [0.1, 0.15) is 45.4 Å². The van der Waals surface area contributed by atoms with Crippen LogP contribution in [-0.4, -0.2) is 20.0 Å². The molecule has 1 heterocycles. The van der Waals surface area contributed by atoms with Crippen molar-refractivity contribution >= 4 is 10.1 Å². The Morgan fingerprint density at radius 3 is 2.50 bits per heavy atom. The molecule has 0 saturated carbocycles. The first-order valence-electron chi connectivity index (χ1n) is 6.47. The molecule has 18 heavy (non-hydrogen) atoms. The van der Waals surface area contributed by atoms with Crippen LogP contribution in [0.2, 0.25) is 0 Å². The van der Waals surface area contributed by atoms with Crippen LogP contribution in [0.15, 0.2) is 29.4 Å². The van der Waals surface area contributed by atoms with Crippen molar-refractivity contribution in [2.75, 3.05) is 6.61 Å². The van der Waals surface area contributed by atoms with Crippen molar-refractivity contribution in [1.82, 2.24) is 4.98 Å². The summed E-state index contributed by atoms with van der Waals surface area (Å²) in [5, 5.41) is -0.0176. The Balaban J connectivity index is 2.23. The summed E-state index contributed by atoms with van der Waals surface area (Å²) >= 11 is 0. The SMILES string of the molecule is CCCCCCCCOS(=O)(=O)c1ccccn1.